The molecule has 64 valence electrons. The summed E-state index contributed by atoms with van der Waals surface area (Å²) in [4.78, 5) is 14.9. The number of carbonyl (C=O) groups is 1. The van der Waals surface area contributed by atoms with Crippen LogP contribution in [-0.4, -0.2) is 48.3 Å². The summed E-state index contributed by atoms with van der Waals surface area (Å²) in [5.74, 6) is 1.03. The Morgan fingerprint density at radius 3 is 2.82 bits per heavy atom. The van der Waals surface area contributed by atoms with E-state index in [-0.39, 0.29) is 6.03 Å². The lowest BCUT2D eigenvalue weighted by Crippen LogP contribution is -2.30. The van der Waals surface area contributed by atoms with Crippen LogP contribution in [0.15, 0.2) is 0 Å². The first kappa shape index (κ1) is 9.44. The molecular weight excluding hydrogens is 275 g/mol. The van der Waals surface area contributed by atoms with Gasteiger partial charge in [-0.3, -0.25) is 0 Å². The first-order chi connectivity index (χ1) is 5.25. The Morgan fingerprint density at radius 2 is 2.36 bits per heavy atom. The summed E-state index contributed by atoms with van der Waals surface area (Å²) in [5.41, 5.74) is 0. The molecule has 1 rings (SSSR count). The Balaban J connectivity index is 2.30. The quantitative estimate of drug-likeness (QED) is 0.733. The van der Waals surface area contributed by atoms with E-state index in [1.807, 2.05) is 11.9 Å². The van der Waals surface area contributed by atoms with Gasteiger partial charge in [0, 0.05) is 32.4 Å². The van der Waals surface area contributed by atoms with Gasteiger partial charge in [0.15, 0.2) is 0 Å². The lowest BCUT2D eigenvalue weighted by molar-refractivity contribution is 0.201. The lowest BCUT2D eigenvalue weighted by Gasteiger charge is -2.14. The van der Waals surface area contributed by atoms with Gasteiger partial charge in [-0.2, -0.15) is 0 Å². The summed E-state index contributed by atoms with van der Waals surface area (Å²) in [5, 5.41) is 0. The molecule has 0 N–H and O–H groups in total. The van der Waals surface area contributed by atoms with Crippen molar-refractivity contribution in [1.82, 2.24) is 9.80 Å². The second-order valence-electron chi connectivity index (χ2n) is 2.50. The molecule has 0 saturated carbocycles. The number of hydrogen-bond acceptors (Lipinski definition) is 2. The number of likely N-dealkylation sites (N-methyl/N-ethyl adjacent to an activating group) is 1. The lowest BCUT2D eigenvalue weighted by atomic mass is 10.6. The van der Waals surface area contributed by atoms with Crippen LogP contribution in [0.25, 0.3) is 0 Å². The van der Waals surface area contributed by atoms with E-state index in [0.717, 1.165) is 25.4 Å². The monoisotopic (exact) mass is 286 g/mol. The van der Waals surface area contributed by atoms with Crippen LogP contribution < -0.4 is 0 Å². The largest absolute Gasteiger partial charge is 0.326 e. The zero-order valence-electron chi connectivity index (χ0n) is 6.42. The van der Waals surface area contributed by atoms with Crippen LogP contribution in [0.2, 0.25) is 0 Å². The molecule has 2 amide bonds. The zero-order chi connectivity index (χ0) is 8.27. The van der Waals surface area contributed by atoms with Gasteiger partial charge in [-0.1, -0.05) is 8.93 Å². The van der Waals surface area contributed by atoms with Gasteiger partial charge in [0.05, 0.1) is 0 Å². The molecule has 1 aliphatic heterocycles. The molecule has 0 atom stereocenters. The summed E-state index contributed by atoms with van der Waals surface area (Å²) in [6.45, 7) is 2.66. The van der Waals surface area contributed by atoms with Gasteiger partial charge in [-0.25, -0.2) is 4.79 Å². The Labute approximate surface area is 83.1 Å². The molecule has 1 heterocycles. The summed E-state index contributed by atoms with van der Waals surface area (Å²) < 4.78 is 0. The van der Waals surface area contributed by atoms with Crippen molar-refractivity contribution >= 4 is 36.2 Å². The molecule has 5 heteroatoms. The van der Waals surface area contributed by atoms with Crippen LogP contribution in [0.3, 0.4) is 0 Å². The van der Waals surface area contributed by atoms with Crippen molar-refractivity contribution in [3.8, 4) is 0 Å². The molecule has 11 heavy (non-hydrogen) atoms. The summed E-state index contributed by atoms with van der Waals surface area (Å²) >= 11 is 2.25. The molecule has 1 saturated heterocycles. The van der Waals surface area contributed by atoms with Crippen LogP contribution in [0, 0.1) is 0 Å². The number of halogens is 1. The third kappa shape index (κ3) is 2.40. The maximum Gasteiger partial charge on any atom is 0.319 e. The van der Waals surface area contributed by atoms with Gasteiger partial charge in [0.1, 0.15) is 0 Å². The minimum absolute atomic E-state index is 0.176. The van der Waals surface area contributed by atoms with Gasteiger partial charge in [0.2, 0.25) is 0 Å². The molecule has 0 radical (unpaired) electrons. The maximum atomic E-state index is 11.3. The molecule has 0 bridgehead atoms. The maximum absolute atomic E-state index is 11.3. The van der Waals surface area contributed by atoms with Crippen molar-refractivity contribution in [2.24, 2.45) is 0 Å². The van der Waals surface area contributed by atoms with Gasteiger partial charge < -0.3 is 9.80 Å². The standard InChI is InChI=1S/C6H11IN2OS/c1-8-2-3-9(6(8)10)4-5-11-7/h2-5H2,1H3. The first-order valence-corrected chi connectivity index (χ1v) is 7.02. The molecule has 1 fully saturated rings. The molecule has 3 nitrogen and oxygen atoms in total. The molecular formula is C6H11IN2OS. The van der Waals surface area contributed by atoms with E-state index in [9.17, 15) is 4.79 Å². The fraction of sp³-hybridized carbons (Fsp3) is 0.833. The van der Waals surface area contributed by atoms with E-state index < -0.39 is 0 Å². The van der Waals surface area contributed by atoms with Crippen molar-refractivity contribution in [3.05, 3.63) is 0 Å². The van der Waals surface area contributed by atoms with Gasteiger partial charge >= 0.3 is 6.03 Å². The predicted octanol–water partition coefficient (Wildman–Crippen LogP) is 1.44. The van der Waals surface area contributed by atoms with Crippen LogP contribution in [0.4, 0.5) is 4.79 Å². The Bertz CT molecular complexity index is 156. The topological polar surface area (TPSA) is 23.6 Å². The highest BCUT2D eigenvalue weighted by molar-refractivity contribution is 14.2. The Morgan fingerprint density at radius 1 is 1.64 bits per heavy atom. The van der Waals surface area contributed by atoms with E-state index >= 15 is 0 Å². The second-order valence-corrected chi connectivity index (χ2v) is 5.00. The van der Waals surface area contributed by atoms with Crippen molar-refractivity contribution < 1.29 is 4.79 Å². The minimum atomic E-state index is 0.176. The molecule has 0 aromatic rings. The zero-order valence-corrected chi connectivity index (χ0v) is 9.39. The number of rotatable bonds is 3. The van der Waals surface area contributed by atoms with Gasteiger partial charge in [-0.15, -0.1) is 0 Å². The normalized spacial score (nSPS) is 18.2. The highest BCUT2D eigenvalue weighted by atomic mass is 127. The number of amides is 2. The van der Waals surface area contributed by atoms with Crippen molar-refractivity contribution in [1.29, 1.82) is 0 Å². The van der Waals surface area contributed by atoms with Crippen molar-refractivity contribution in [2.75, 3.05) is 32.4 Å². The number of nitrogens with zero attached hydrogens (tertiary/aromatic N) is 2. The number of hydrogen-bond donors (Lipinski definition) is 0. The molecule has 0 aliphatic carbocycles. The molecule has 0 unspecified atom stereocenters. The fourth-order valence-electron chi connectivity index (χ4n) is 1.06. The van der Waals surface area contributed by atoms with Crippen LogP contribution >= 0.6 is 30.1 Å². The number of carbonyl (C=O) groups excluding carboxylic acids is 1. The van der Waals surface area contributed by atoms with E-state index in [1.165, 1.54) is 0 Å². The average Bonchev–Trinajstić information content (AvgIpc) is 2.31. The van der Waals surface area contributed by atoms with Crippen LogP contribution in [0.1, 0.15) is 0 Å². The summed E-state index contributed by atoms with van der Waals surface area (Å²) in [7, 11) is 3.60. The van der Waals surface area contributed by atoms with E-state index in [2.05, 4.69) is 21.2 Å². The first-order valence-electron chi connectivity index (χ1n) is 3.49. The molecule has 0 aromatic carbocycles. The number of urea groups is 1. The SMILES string of the molecule is CN1CCN(CCSI)C1=O. The third-order valence-electron chi connectivity index (χ3n) is 1.74. The Kier molecular flexibility index (Phi) is 3.77. The highest BCUT2D eigenvalue weighted by Crippen LogP contribution is 2.12. The molecule has 0 spiro atoms. The van der Waals surface area contributed by atoms with Crippen molar-refractivity contribution in [2.45, 2.75) is 0 Å². The van der Waals surface area contributed by atoms with Gasteiger partial charge in [0.25, 0.3) is 0 Å². The summed E-state index contributed by atoms with van der Waals surface area (Å²) in [6, 6.07) is 0.176. The fourth-order valence-corrected chi connectivity index (χ4v) is 1.94. The second kappa shape index (κ2) is 4.39. The van der Waals surface area contributed by atoms with E-state index in [1.54, 1.807) is 13.8 Å². The van der Waals surface area contributed by atoms with E-state index in [0.29, 0.717) is 0 Å². The van der Waals surface area contributed by atoms with E-state index in [4.69, 9.17) is 0 Å². The Hall–Kier alpha value is 0.350. The smallest absolute Gasteiger partial charge is 0.319 e. The van der Waals surface area contributed by atoms with Crippen LogP contribution in [0.5, 0.6) is 0 Å². The molecule has 0 aromatic heterocycles. The minimum Gasteiger partial charge on any atom is -0.326 e. The van der Waals surface area contributed by atoms with Crippen LogP contribution in [-0.2, 0) is 0 Å². The van der Waals surface area contributed by atoms with Crippen molar-refractivity contribution in [3.63, 3.8) is 0 Å². The highest BCUT2D eigenvalue weighted by Gasteiger charge is 2.23. The van der Waals surface area contributed by atoms with Gasteiger partial charge in [-0.05, 0) is 21.2 Å². The predicted molar refractivity (Wildman–Crippen MR) is 56.1 cm³/mol. The average molecular weight is 286 g/mol. The summed E-state index contributed by atoms with van der Waals surface area (Å²) in [6.07, 6.45) is 0. The third-order valence-corrected chi connectivity index (χ3v) is 3.40. The molecule has 1 aliphatic rings.